The molecule has 7 nitrogen and oxygen atoms in total. The molecule has 112 valence electrons. The number of carbonyl (C=O) groups is 1. The van der Waals surface area contributed by atoms with E-state index in [4.69, 9.17) is 4.74 Å². The van der Waals surface area contributed by atoms with E-state index in [0.717, 1.165) is 0 Å². The van der Waals surface area contributed by atoms with Gasteiger partial charge in [-0.1, -0.05) is 17.9 Å². The Morgan fingerprint density at radius 3 is 2.70 bits per heavy atom. The van der Waals surface area contributed by atoms with E-state index in [0.29, 0.717) is 5.69 Å². The predicted octanol–water partition coefficient (Wildman–Crippen LogP) is 0.753. The molecule has 20 heavy (non-hydrogen) atoms. The molecule has 0 aliphatic carbocycles. The van der Waals surface area contributed by atoms with E-state index in [1.165, 1.54) is 10.8 Å². The zero-order valence-corrected chi connectivity index (χ0v) is 12.7. The third-order valence-corrected chi connectivity index (χ3v) is 5.00. The molecule has 1 aromatic heterocycles. The Morgan fingerprint density at radius 2 is 2.15 bits per heavy atom. The lowest BCUT2D eigenvalue weighted by Gasteiger charge is -2.08. The number of esters is 1. The van der Waals surface area contributed by atoms with Gasteiger partial charge in [0.2, 0.25) is 0 Å². The van der Waals surface area contributed by atoms with E-state index >= 15 is 0 Å². The number of rotatable bonds is 7. The lowest BCUT2D eigenvalue weighted by Crippen LogP contribution is -2.22. The molecule has 0 spiro atoms. The van der Waals surface area contributed by atoms with Gasteiger partial charge in [0.15, 0.2) is 15.5 Å². The molecule has 1 aromatic rings. The minimum Gasteiger partial charge on any atom is -0.457 e. The first-order valence-corrected chi connectivity index (χ1v) is 7.90. The molecule has 8 heteroatoms. The van der Waals surface area contributed by atoms with Gasteiger partial charge in [0, 0.05) is 0 Å². The second-order valence-corrected chi connectivity index (χ2v) is 7.23. The molecule has 0 aliphatic rings. The predicted molar refractivity (Wildman–Crippen MR) is 74.2 cm³/mol. The number of hydrogen-bond acceptors (Lipinski definition) is 6. The first-order chi connectivity index (χ1) is 9.29. The van der Waals surface area contributed by atoms with Crippen LogP contribution < -0.4 is 0 Å². The highest BCUT2D eigenvalue weighted by Crippen LogP contribution is 2.08. The number of aromatic nitrogens is 3. The van der Waals surface area contributed by atoms with Crippen molar-refractivity contribution in [1.82, 2.24) is 15.0 Å². The Morgan fingerprint density at radius 1 is 1.50 bits per heavy atom. The fraction of sp³-hybridized carbons (Fsp3) is 0.583. The van der Waals surface area contributed by atoms with E-state index in [9.17, 15) is 13.2 Å². The van der Waals surface area contributed by atoms with E-state index in [1.54, 1.807) is 20.8 Å². The molecule has 0 saturated heterocycles. The zero-order valence-electron chi connectivity index (χ0n) is 11.9. The Kier molecular flexibility index (Phi) is 5.43. The number of carbonyl (C=O) groups excluding carboxylic acids is 1. The quantitative estimate of drug-likeness (QED) is 0.545. The number of ether oxygens (including phenoxy) is 1. The van der Waals surface area contributed by atoms with Crippen molar-refractivity contribution in [2.45, 2.75) is 32.6 Å². The average Bonchev–Trinajstić information content (AvgIpc) is 2.75. The minimum atomic E-state index is -3.16. The second-order valence-electron chi connectivity index (χ2n) is 4.55. The van der Waals surface area contributed by atoms with Gasteiger partial charge in [-0.3, -0.25) is 0 Å². The maximum absolute atomic E-state index is 11.7. The van der Waals surface area contributed by atoms with Gasteiger partial charge in [-0.05, 0) is 20.8 Å². The number of nitrogens with zero attached hydrogens (tertiary/aromatic N) is 3. The summed E-state index contributed by atoms with van der Waals surface area (Å²) in [7, 11) is -3.16. The highest BCUT2D eigenvalue weighted by Gasteiger charge is 2.20. The minimum absolute atomic E-state index is 0.0456. The van der Waals surface area contributed by atoms with Crippen LogP contribution >= 0.6 is 0 Å². The molecule has 0 fully saturated rings. The van der Waals surface area contributed by atoms with Crippen LogP contribution in [0.3, 0.4) is 0 Å². The molecule has 0 amide bonds. The zero-order chi connectivity index (χ0) is 15.3. The SMILES string of the molecule is C=CCOC(=O)c1nnn(CCS(=O)(=O)C(C)C)c1C. The summed E-state index contributed by atoms with van der Waals surface area (Å²) in [5.74, 6) is -0.643. The molecular formula is C12H19N3O4S. The summed E-state index contributed by atoms with van der Waals surface area (Å²) >= 11 is 0. The van der Waals surface area contributed by atoms with Gasteiger partial charge in [0.05, 0.1) is 23.2 Å². The van der Waals surface area contributed by atoms with Gasteiger partial charge >= 0.3 is 5.97 Å². The number of aryl methyl sites for hydroxylation is 1. The van der Waals surface area contributed by atoms with Crippen LogP contribution in [0.4, 0.5) is 0 Å². The van der Waals surface area contributed by atoms with Crippen molar-refractivity contribution in [1.29, 1.82) is 0 Å². The monoisotopic (exact) mass is 301 g/mol. The largest absolute Gasteiger partial charge is 0.457 e. The summed E-state index contributed by atoms with van der Waals surface area (Å²) < 4.78 is 29.7. The Labute approximate surface area is 118 Å². The van der Waals surface area contributed by atoms with Gasteiger partial charge in [-0.15, -0.1) is 5.10 Å². The smallest absolute Gasteiger partial charge is 0.361 e. The third kappa shape index (κ3) is 3.89. The molecule has 1 rings (SSSR count). The van der Waals surface area contributed by atoms with Crippen LogP contribution in [-0.2, 0) is 21.1 Å². The van der Waals surface area contributed by atoms with Crippen LogP contribution in [0.25, 0.3) is 0 Å². The molecule has 0 N–H and O–H groups in total. The topological polar surface area (TPSA) is 91.2 Å². The van der Waals surface area contributed by atoms with E-state index < -0.39 is 21.1 Å². The van der Waals surface area contributed by atoms with Gasteiger partial charge in [0.1, 0.15) is 6.61 Å². The van der Waals surface area contributed by atoms with Crippen LogP contribution in [-0.4, -0.2) is 47.0 Å². The Balaban J connectivity index is 2.78. The average molecular weight is 301 g/mol. The van der Waals surface area contributed by atoms with Crippen LogP contribution in [0.15, 0.2) is 12.7 Å². The molecule has 0 unspecified atom stereocenters. The van der Waals surface area contributed by atoms with Gasteiger partial charge in [0.25, 0.3) is 0 Å². The molecule has 0 aliphatic heterocycles. The molecule has 1 heterocycles. The van der Waals surface area contributed by atoms with Crippen LogP contribution in [0, 0.1) is 6.92 Å². The van der Waals surface area contributed by atoms with E-state index in [1.807, 2.05) is 0 Å². The number of sulfone groups is 1. The summed E-state index contributed by atoms with van der Waals surface area (Å²) in [6.07, 6.45) is 1.45. The lowest BCUT2D eigenvalue weighted by atomic mass is 10.3. The second kappa shape index (κ2) is 6.65. The van der Waals surface area contributed by atoms with Crippen LogP contribution in [0.2, 0.25) is 0 Å². The molecule has 0 atom stereocenters. The van der Waals surface area contributed by atoms with Crippen molar-refractivity contribution < 1.29 is 17.9 Å². The van der Waals surface area contributed by atoms with Gasteiger partial charge in [-0.25, -0.2) is 17.9 Å². The highest BCUT2D eigenvalue weighted by molar-refractivity contribution is 7.91. The molecular weight excluding hydrogens is 282 g/mol. The van der Waals surface area contributed by atoms with Crippen molar-refractivity contribution >= 4 is 15.8 Å². The molecule has 0 aromatic carbocycles. The van der Waals surface area contributed by atoms with Crippen molar-refractivity contribution in [2.75, 3.05) is 12.4 Å². The Bertz CT molecular complexity index is 590. The van der Waals surface area contributed by atoms with Crippen LogP contribution in [0.1, 0.15) is 30.0 Å². The van der Waals surface area contributed by atoms with E-state index in [-0.39, 0.29) is 24.6 Å². The van der Waals surface area contributed by atoms with Gasteiger partial charge in [-0.2, -0.15) is 0 Å². The Hall–Kier alpha value is -1.70. The van der Waals surface area contributed by atoms with Crippen molar-refractivity contribution in [2.24, 2.45) is 0 Å². The first-order valence-electron chi connectivity index (χ1n) is 6.19. The molecule has 0 bridgehead atoms. The number of hydrogen-bond donors (Lipinski definition) is 0. The van der Waals surface area contributed by atoms with Crippen molar-refractivity contribution in [3.8, 4) is 0 Å². The summed E-state index contributed by atoms with van der Waals surface area (Å²) in [5, 5.41) is 7.06. The normalized spacial score (nSPS) is 11.6. The maximum atomic E-state index is 11.7. The first kappa shape index (κ1) is 16.4. The van der Waals surface area contributed by atoms with Gasteiger partial charge < -0.3 is 4.74 Å². The fourth-order valence-corrected chi connectivity index (χ4v) is 2.31. The standard InChI is InChI=1S/C12H19N3O4S/c1-5-7-19-12(16)11-10(4)15(14-13-11)6-8-20(17,18)9(2)3/h5,9H,1,6-8H2,2-4H3. The summed E-state index contributed by atoms with van der Waals surface area (Å²) in [4.78, 5) is 11.6. The summed E-state index contributed by atoms with van der Waals surface area (Å²) in [5.41, 5.74) is 0.576. The van der Waals surface area contributed by atoms with Crippen LogP contribution in [0.5, 0.6) is 0 Å². The molecule has 0 saturated carbocycles. The maximum Gasteiger partial charge on any atom is 0.361 e. The summed E-state index contributed by atoms with van der Waals surface area (Å²) in [6, 6.07) is 0. The van der Waals surface area contributed by atoms with Crippen molar-refractivity contribution in [3.63, 3.8) is 0 Å². The van der Waals surface area contributed by atoms with E-state index in [2.05, 4.69) is 16.9 Å². The van der Waals surface area contributed by atoms with Crippen molar-refractivity contribution in [3.05, 3.63) is 24.0 Å². The fourth-order valence-electron chi connectivity index (χ4n) is 1.41. The third-order valence-electron chi connectivity index (χ3n) is 2.81. The summed E-state index contributed by atoms with van der Waals surface area (Å²) in [6.45, 7) is 8.59. The highest BCUT2D eigenvalue weighted by atomic mass is 32.2. The molecule has 0 radical (unpaired) electrons. The lowest BCUT2D eigenvalue weighted by molar-refractivity contribution is 0.0542.